The molecule has 2 aliphatic heterocycles. The van der Waals surface area contributed by atoms with E-state index in [4.69, 9.17) is 39.2 Å². The molecule has 17 heteroatoms. The number of anilines is 2. The lowest BCUT2D eigenvalue weighted by molar-refractivity contribution is -0.139. The largest absolute Gasteiger partial charge is 0.508 e. The van der Waals surface area contributed by atoms with Gasteiger partial charge in [0.15, 0.2) is 11.4 Å². The van der Waals surface area contributed by atoms with Crippen LogP contribution in [0.15, 0.2) is 119 Å². The molecule has 0 spiro atoms. The molecular formula is C45H29Cl3F3N5O6. The van der Waals surface area contributed by atoms with Crippen molar-refractivity contribution in [3.8, 4) is 17.2 Å². The minimum Gasteiger partial charge on any atom is -0.508 e. The van der Waals surface area contributed by atoms with Crippen LogP contribution in [-0.2, 0) is 30.8 Å². The van der Waals surface area contributed by atoms with Crippen molar-refractivity contribution in [3.63, 3.8) is 0 Å². The molecule has 11 nitrogen and oxygen atoms in total. The van der Waals surface area contributed by atoms with Gasteiger partial charge in [0.05, 0.1) is 39.4 Å². The number of imide groups is 2. The standard InChI is InChI=1S/C45H29Cl3F3N5O6/c46-24-9-7-22(8-10-24)44-31(41(59)56(43(44)61)54-38-33(48)17-23(20-52-38)45(49,50)51)19-30-27(37(44)28-14-13-26(57)18-32(28)47)15-16-29-36(30)42(60)55(40(29)58)25-11-5-21(6-12-25)39-53-34-3-1-2-4-35(34)62-39/h1-15,17-18,20,29-31,36-37,57H,16,19H2,(H,52,54). The molecule has 4 amide bonds. The Balaban J connectivity index is 1.08. The third-order valence-corrected chi connectivity index (χ3v) is 13.4. The van der Waals surface area contributed by atoms with E-state index in [1.165, 1.54) is 12.1 Å². The zero-order valence-corrected chi connectivity index (χ0v) is 34.0. The van der Waals surface area contributed by atoms with Crippen molar-refractivity contribution >= 4 is 81.0 Å². The number of hydrogen-bond acceptors (Lipinski definition) is 9. The summed E-state index contributed by atoms with van der Waals surface area (Å²) >= 11 is 19.6. The van der Waals surface area contributed by atoms with E-state index in [1.807, 2.05) is 24.3 Å². The second-order valence-corrected chi connectivity index (χ2v) is 16.9. The number of alkyl halides is 3. The van der Waals surface area contributed by atoms with E-state index < -0.39 is 81.2 Å². The van der Waals surface area contributed by atoms with Crippen LogP contribution in [0.1, 0.15) is 35.4 Å². The van der Waals surface area contributed by atoms with Gasteiger partial charge in [-0.2, -0.15) is 18.2 Å². The molecule has 1 saturated carbocycles. The number of nitrogens with one attached hydrogen (secondary N) is 1. The molecule has 6 aromatic rings. The fourth-order valence-electron chi connectivity index (χ4n) is 9.88. The van der Waals surface area contributed by atoms with Gasteiger partial charge >= 0.3 is 6.18 Å². The lowest BCUT2D eigenvalue weighted by Gasteiger charge is -2.50. The van der Waals surface area contributed by atoms with Gasteiger partial charge in [0.25, 0.3) is 11.8 Å². The molecule has 10 rings (SSSR count). The van der Waals surface area contributed by atoms with Gasteiger partial charge in [-0.1, -0.05) is 76.8 Å². The summed E-state index contributed by atoms with van der Waals surface area (Å²) in [5, 5.41) is 11.0. The second kappa shape index (κ2) is 14.4. The van der Waals surface area contributed by atoms with E-state index in [-0.39, 0.29) is 23.6 Å². The van der Waals surface area contributed by atoms with E-state index in [0.717, 1.165) is 4.90 Å². The van der Waals surface area contributed by atoms with Gasteiger partial charge in [-0.3, -0.25) is 29.5 Å². The highest BCUT2D eigenvalue weighted by atomic mass is 35.5. The highest BCUT2D eigenvalue weighted by Crippen LogP contribution is 2.65. The summed E-state index contributed by atoms with van der Waals surface area (Å²) in [6.45, 7) is 0. The van der Waals surface area contributed by atoms with Gasteiger partial charge in [-0.25, -0.2) is 9.97 Å². The lowest BCUT2D eigenvalue weighted by Crippen LogP contribution is -2.53. The van der Waals surface area contributed by atoms with Gasteiger partial charge in [0.2, 0.25) is 17.7 Å². The van der Waals surface area contributed by atoms with E-state index in [1.54, 1.807) is 60.7 Å². The predicted molar refractivity (Wildman–Crippen MR) is 222 cm³/mol. The molecule has 312 valence electrons. The Bertz CT molecular complexity index is 2890. The van der Waals surface area contributed by atoms with Crippen LogP contribution in [-0.4, -0.2) is 43.7 Å². The first-order valence-electron chi connectivity index (χ1n) is 19.3. The Kier molecular flexibility index (Phi) is 9.28. The van der Waals surface area contributed by atoms with E-state index in [0.29, 0.717) is 67.2 Å². The minimum atomic E-state index is -4.77. The summed E-state index contributed by atoms with van der Waals surface area (Å²) in [5.74, 6) is -7.60. The summed E-state index contributed by atoms with van der Waals surface area (Å²) in [7, 11) is 0. The van der Waals surface area contributed by atoms with Crippen LogP contribution >= 0.6 is 34.8 Å². The van der Waals surface area contributed by atoms with Crippen molar-refractivity contribution in [3.05, 3.63) is 147 Å². The van der Waals surface area contributed by atoms with Gasteiger partial charge in [-0.15, -0.1) is 0 Å². The Hall–Kier alpha value is -6.22. The van der Waals surface area contributed by atoms with Crippen molar-refractivity contribution in [2.75, 3.05) is 10.3 Å². The second-order valence-electron chi connectivity index (χ2n) is 15.7. The Morgan fingerprint density at radius 1 is 0.839 bits per heavy atom. The first-order valence-corrected chi connectivity index (χ1v) is 20.5. The number of nitrogens with zero attached hydrogens (tertiary/aromatic N) is 4. The highest BCUT2D eigenvalue weighted by Gasteiger charge is 2.70. The van der Waals surface area contributed by atoms with E-state index in [9.17, 15) is 32.7 Å². The molecule has 2 aromatic heterocycles. The fraction of sp³-hybridized carbons (Fsp3) is 0.200. The number of carbonyl (C=O) groups excluding carboxylic acids is 4. The van der Waals surface area contributed by atoms with Gasteiger partial charge in [0.1, 0.15) is 11.3 Å². The van der Waals surface area contributed by atoms with Gasteiger partial charge in [-0.05, 0) is 96.6 Å². The third kappa shape index (κ3) is 6.02. The number of para-hydroxylation sites is 2. The first kappa shape index (κ1) is 39.9. The molecule has 6 unspecified atom stereocenters. The Labute approximate surface area is 364 Å². The maximum atomic E-state index is 15.4. The van der Waals surface area contributed by atoms with Gasteiger partial charge < -0.3 is 9.52 Å². The topological polar surface area (TPSA) is 146 Å². The quantitative estimate of drug-likeness (QED) is 0.123. The van der Waals surface area contributed by atoms with Crippen LogP contribution in [0.4, 0.5) is 24.7 Å². The first-order chi connectivity index (χ1) is 29.7. The van der Waals surface area contributed by atoms with Crippen LogP contribution in [0.25, 0.3) is 22.6 Å². The highest BCUT2D eigenvalue weighted by molar-refractivity contribution is 6.33. The number of carbonyl (C=O) groups is 4. The summed E-state index contributed by atoms with van der Waals surface area (Å²) in [6, 6.07) is 25.2. The van der Waals surface area contributed by atoms with Crippen molar-refractivity contribution < 1.29 is 41.9 Å². The van der Waals surface area contributed by atoms with Crippen LogP contribution in [0.2, 0.25) is 15.1 Å². The number of allylic oxidation sites excluding steroid dienone is 2. The Morgan fingerprint density at radius 2 is 1.58 bits per heavy atom. The number of fused-ring (bicyclic) bond motifs is 5. The normalized spacial score (nSPS) is 24.6. The van der Waals surface area contributed by atoms with Gasteiger partial charge in [0, 0.05) is 27.7 Å². The SMILES string of the molecule is O=C1C2CC3C(=CCC4C(=O)N(c5ccc(-c6nc7ccccc7o6)cc5)C(=O)C43)C(c3ccc(O)cc3Cl)C2(c2ccc(Cl)cc2)C(=O)N1Nc1ncc(C(F)(F)F)cc1Cl. The van der Waals surface area contributed by atoms with E-state index in [2.05, 4.69) is 15.4 Å². The third-order valence-electron chi connectivity index (χ3n) is 12.5. The number of phenolic OH excluding ortho intramolecular Hbond substituents is 1. The number of benzene rings is 4. The van der Waals surface area contributed by atoms with Crippen molar-refractivity contribution in [2.24, 2.45) is 23.7 Å². The van der Waals surface area contributed by atoms with Crippen LogP contribution in [0.5, 0.6) is 5.75 Å². The molecule has 6 atom stereocenters. The number of halogens is 6. The monoisotopic (exact) mass is 897 g/mol. The van der Waals surface area contributed by atoms with Crippen LogP contribution in [0.3, 0.4) is 0 Å². The number of hydrogen-bond donors (Lipinski definition) is 2. The number of rotatable bonds is 6. The average molecular weight is 899 g/mol. The molecule has 62 heavy (non-hydrogen) atoms. The number of amides is 4. The summed E-state index contributed by atoms with van der Waals surface area (Å²) in [4.78, 5) is 69.0. The zero-order valence-electron chi connectivity index (χ0n) is 31.7. The lowest BCUT2D eigenvalue weighted by atomic mass is 9.49. The molecule has 0 radical (unpaired) electrons. The molecule has 4 heterocycles. The number of aromatic nitrogens is 2. The molecule has 2 aliphatic carbocycles. The molecule has 4 aliphatic rings. The van der Waals surface area contributed by atoms with Crippen LogP contribution in [0, 0.1) is 23.7 Å². The molecule has 2 saturated heterocycles. The number of hydrazine groups is 1. The number of oxazole rings is 1. The van der Waals surface area contributed by atoms with Crippen molar-refractivity contribution in [1.29, 1.82) is 0 Å². The predicted octanol–water partition coefficient (Wildman–Crippen LogP) is 9.76. The zero-order chi connectivity index (χ0) is 43.4. The fourth-order valence-corrected chi connectivity index (χ4v) is 10.5. The number of phenols is 1. The maximum Gasteiger partial charge on any atom is 0.417 e. The van der Waals surface area contributed by atoms with Crippen molar-refractivity contribution in [2.45, 2.75) is 30.4 Å². The minimum absolute atomic E-state index is 0.0550. The Morgan fingerprint density at radius 3 is 2.27 bits per heavy atom. The smallest absolute Gasteiger partial charge is 0.417 e. The molecule has 0 bridgehead atoms. The molecule has 2 N–H and O–H groups in total. The molecular weight excluding hydrogens is 870 g/mol. The number of aromatic hydroxyl groups is 1. The average Bonchev–Trinajstić information content (AvgIpc) is 3.86. The number of pyridine rings is 1. The molecule has 4 aromatic carbocycles. The maximum absolute atomic E-state index is 15.4. The summed E-state index contributed by atoms with van der Waals surface area (Å²) in [5.41, 5.74) is 3.15. The summed E-state index contributed by atoms with van der Waals surface area (Å²) < 4.78 is 46.6. The summed E-state index contributed by atoms with van der Waals surface area (Å²) in [6.07, 6.45) is -2.40. The van der Waals surface area contributed by atoms with Crippen molar-refractivity contribution in [1.82, 2.24) is 15.0 Å². The van der Waals surface area contributed by atoms with E-state index >= 15 is 4.79 Å². The van der Waals surface area contributed by atoms with Crippen LogP contribution < -0.4 is 10.3 Å². The molecule has 3 fully saturated rings.